The van der Waals surface area contributed by atoms with Gasteiger partial charge in [-0.3, -0.25) is 0 Å². The highest BCUT2D eigenvalue weighted by atomic mass is 32.2. The van der Waals surface area contributed by atoms with Crippen LogP contribution in [0.1, 0.15) is 13.3 Å². The predicted molar refractivity (Wildman–Crippen MR) is 40.0 cm³/mol. The van der Waals surface area contributed by atoms with Crippen LogP contribution in [0.25, 0.3) is 0 Å². The highest BCUT2D eigenvalue weighted by Crippen LogP contribution is 2.19. The molecule has 0 aromatic rings. The van der Waals surface area contributed by atoms with Crippen LogP contribution in [-0.2, 0) is 0 Å². The fraction of sp³-hybridized carbons (Fsp3) is 0.429. The Morgan fingerprint density at radius 3 is 3.25 bits per heavy atom. The van der Waals surface area contributed by atoms with Crippen molar-refractivity contribution in [2.45, 2.75) is 13.3 Å². The Balaban J connectivity index is 2.46. The van der Waals surface area contributed by atoms with Crippen molar-refractivity contribution in [1.29, 1.82) is 0 Å². The molecule has 0 aromatic carbocycles. The Kier molecular flexibility index (Phi) is 2.22. The molecule has 1 rings (SSSR count). The second-order valence-corrected chi connectivity index (χ2v) is 2.70. The summed E-state index contributed by atoms with van der Waals surface area (Å²) in [5.41, 5.74) is 1.48. The van der Waals surface area contributed by atoms with Crippen molar-refractivity contribution in [1.82, 2.24) is 0 Å². The highest BCUT2D eigenvalue weighted by Gasteiger charge is 1.95. The van der Waals surface area contributed by atoms with E-state index in [0.29, 0.717) is 0 Å². The minimum absolute atomic E-state index is 1.17. The first kappa shape index (κ1) is 5.96. The van der Waals surface area contributed by atoms with Crippen LogP contribution in [0.15, 0.2) is 23.1 Å². The van der Waals surface area contributed by atoms with E-state index >= 15 is 0 Å². The maximum atomic E-state index is 2.27. The van der Waals surface area contributed by atoms with E-state index in [1.54, 1.807) is 0 Å². The molecule has 0 nitrogen and oxygen atoms in total. The lowest BCUT2D eigenvalue weighted by Gasteiger charge is -1.86. The van der Waals surface area contributed by atoms with Gasteiger partial charge in [-0.15, -0.1) is 11.8 Å². The van der Waals surface area contributed by atoms with Crippen LogP contribution in [-0.4, -0.2) is 5.75 Å². The highest BCUT2D eigenvalue weighted by molar-refractivity contribution is 8.02. The van der Waals surface area contributed by atoms with Crippen LogP contribution >= 0.6 is 11.8 Å². The molecule has 0 unspecified atom stereocenters. The zero-order chi connectivity index (χ0) is 5.82. The average Bonchev–Trinajstić information content (AvgIpc) is 2.19. The summed E-state index contributed by atoms with van der Waals surface area (Å²) in [6.45, 7) is 2.17. The average molecular weight is 126 g/mol. The number of allylic oxidation sites excluding steroid dienone is 2. The summed E-state index contributed by atoms with van der Waals surface area (Å²) in [7, 11) is 0. The summed E-state index contributed by atoms with van der Waals surface area (Å²) in [5, 5.41) is 2.15. The van der Waals surface area contributed by atoms with Crippen molar-refractivity contribution >= 4 is 11.8 Å². The van der Waals surface area contributed by atoms with Crippen LogP contribution in [0.5, 0.6) is 0 Å². The van der Waals surface area contributed by atoms with Crippen LogP contribution in [0, 0.1) is 0 Å². The molecule has 1 aliphatic heterocycles. The summed E-state index contributed by atoms with van der Waals surface area (Å²) < 4.78 is 0. The van der Waals surface area contributed by atoms with Gasteiger partial charge in [0.05, 0.1) is 0 Å². The Morgan fingerprint density at radius 1 is 1.88 bits per heavy atom. The molecule has 0 saturated heterocycles. The topological polar surface area (TPSA) is 0 Å². The molecule has 1 heteroatoms. The van der Waals surface area contributed by atoms with Crippen molar-refractivity contribution in [3.8, 4) is 0 Å². The second-order valence-electron chi connectivity index (χ2n) is 1.80. The molecule has 0 N–H and O–H groups in total. The summed E-state index contributed by atoms with van der Waals surface area (Å²) in [6.07, 6.45) is 5.63. The number of thioether (sulfide) groups is 1. The second kappa shape index (κ2) is 2.98. The van der Waals surface area contributed by atoms with Crippen LogP contribution in [0.3, 0.4) is 0 Å². The fourth-order valence-electron chi connectivity index (χ4n) is 0.717. The Morgan fingerprint density at radius 2 is 2.75 bits per heavy atom. The van der Waals surface area contributed by atoms with Crippen molar-refractivity contribution < 1.29 is 0 Å². The molecule has 0 amide bonds. The minimum atomic E-state index is 1.17. The first-order chi connectivity index (χ1) is 3.93. The lowest BCUT2D eigenvalue weighted by Crippen LogP contribution is -1.73. The third kappa shape index (κ3) is 1.41. The van der Waals surface area contributed by atoms with Crippen molar-refractivity contribution in [2.75, 3.05) is 5.75 Å². The SMILES string of the molecule is CCC=C1C=CSC1. The molecule has 1 aliphatic rings. The van der Waals surface area contributed by atoms with Gasteiger partial charge in [0, 0.05) is 5.75 Å². The van der Waals surface area contributed by atoms with Crippen LogP contribution < -0.4 is 0 Å². The van der Waals surface area contributed by atoms with Gasteiger partial charge in [0.15, 0.2) is 0 Å². The Labute approximate surface area is 54.7 Å². The zero-order valence-electron chi connectivity index (χ0n) is 5.05. The molecule has 0 aromatic heterocycles. The fourth-order valence-corrected chi connectivity index (χ4v) is 1.49. The third-order valence-electron chi connectivity index (χ3n) is 1.09. The molecule has 1 heterocycles. The molecule has 44 valence electrons. The molecule has 0 atom stereocenters. The van der Waals surface area contributed by atoms with E-state index in [2.05, 4.69) is 24.5 Å². The smallest absolute Gasteiger partial charge is 0.0223 e. The van der Waals surface area contributed by atoms with Gasteiger partial charge >= 0.3 is 0 Å². The largest absolute Gasteiger partial charge is 0.129 e. The van der Waals surface area contributed by atoms with Gasteiger partial charge in [-0.25, -0.2) is 0 Å². The van der Waals surface area contributed by atoms with Gasteiger partial charge in [-0.2, -0.15) is 0 Å². The summed E-state index contributed by atoms with van der Waals surface area (Å²) in [6, 6.07) is 0. The Hall–Kier alpha value is -0.170. The molecule has 0 aliphatic carbocycles. The number of rotatable bonds is 1. The molecular formula is C7H10S. The van der Waals surface area contributed by atoms with E-state index in [9.17, 15) is 0 Å². The van der Waals surface area contributed by atoms with Gasteiger partial charge in [-0.05, 0) is 17.4 Å². The lowest BCUT2D eigenvalue weighted by molar-refractivity contribution is 1.20. The lowest BCUT2D eigenvalue weighted by atomic mass is 10.2. The molecule has 0 saturated carbocycles. The van der Waals surface area contributed by atoms with Gasteiger partial charge in [0.25, 0.3) is 0 Å². The normalized spacial score (nSPS) is 22.9. The maximum Gasteiger partial charge on any atom is 0.0223 e. The van der Waals surface area contributed by atoms with Crippen LogP contribution in [0.4, 0.5) is 0 Å². The maximum absolute atomic E-state index is 2.27. The molecule has 8 heavy (non-hydrogen) atoms. The van der Waals surface area contributed by atoms with Gasteiger partial charge < -0.3 is 0 Å². The first-order valence-electron chi connectivity index (χ1n) is 2.90. The van der Waals surface area contributed by atoms with E-state index in [1.165, 1.54) is 17.7 Å². The quantitative estimate of drug-likeness (QED) is 0.520. The summed E-state index contributed by atoms with van der Waals surface area (Å²) in [4.78, 5) is 0. The third-order valence-corrected chi connectivity index (χ3v) is 1.92. The van der Waals surface area contributed by atoms with E-state index in [1.807, 2.05) is 11.8 Å². The summed E-state index contributed by atoms with van der Waals surface area (Å²) in [5.74, 6) is 1.19. The van der Waals surface area contributed by atoms with Crippen LogP contribution in [0.2, 0.25) is 0 Å². The van der Waals surface area contributed by atoms with Crippen molar-refractivity contribution in [3.05, 3.63) is 23.1 Å². The van der Waals surface area contributed by atoms with Crippen molar-refractivity contribution in [2.24, 2.45) is 0 Å². The van der Waals surface area contributed by atoms with Gasteiger partial charge in [0.2, 0.25) is 0 Å². The minimum Gasteiger partial charge on any atom is -0.129 e. The number of hydrogen-bond donors (Lipinski definition) is 0. The van der Waals surface area contributed by atoms with E-state index in [-0.39, 0.29) is 0 Å². The molecule has 0 spiro atoms. The van der Waals surface area contributed by atoms with E-state index < -0.39 is 0 Å². The predicted octanol–water partition coefficient (Wildman–Crippen LogP) is 2.58. The molecular weight excluding hydrogens is 116 g/mol. The van der Waals surface area contributed by atoms with Gasteiger partial charge in [-0.1, -0.05) is 19.1 Å². The van der Waals surface area contributed by atoms with Crippen molar-refractivity contribution in [3.63, 3.8) is 0 Å². The molecule has 0 bridgehead atoms. The van der Waals surface area contributed by atoms with E-state index in [0.717, 1.165) is 0 Å². The van der Waals surface area contributed by atoms with E-state index in [4.69, 9.17) is 0 Å². The van der Waals surface area contributed by atoms with Gasteiger partial charge in [0.1, 0.15) is 0 Å². The first-order valence-corrected chi connectivity index (χ1v) is 3.95. The Bertz CT molecular complexity index is 122. The standard InChI is InChI=1S/C7H10S/c1-2-3-7-4-5-8-6-7/h3-5H,2,6H2,1H3. The molecule has 0 radical (unpaired) electrons. The summed E-state index contributed by atoms with van der Waals surface area (Å²) >= 11 is 1.87. The monoisotopic (exact) mass is 126 g/mol. The number of hydrogen-bond acceptors (Lipinski definition) is 1. The zero-order valence-corrected chi connectivity index (χ0v) is 5.87. The molecule has 0 fully saturated rings.